The highest BCUT2D eigenvalue weighted by molar-refractivity contribution is 5.76. The quantitative estimate of drug-likeness (QED) is 0.769. The van der Waals surface area contributed by atoms with E-state index in [2.05, 4.69) is 31.4 Å². The maximum absolute atomic E-state index is 11.6. The first-order chi connectivity index (χ1) is 7.44. The van der Waals surface area contributed by atoms with Crippen molar-refractivity contribution in [3.63, 3.8) is 0 Å². The zero-order chi connectivity index (χ0) is 12.2. The van der Waals surface area contributed by atoms with E-state index in [0.717, 1.165) is 13.0 Å². The molecule has 0 aromatic carbocycles. The predicted molar refractivity (Wildman–Crippen MR) is 67.3 cm³/mol. The second-order valence-electron chi connectivity index (χ2n) is 5.91. The molecule has 0 spiro atoms. The molecule has 3 nitrogen and oxygen atoms in total. The molecule has 1 saturated carbocycles. The summed E-state index contributed by atoms with van der Waals surface area (Å²) in [7, 11) is 1.87. The second kappa shape index (κ2) is 5.67. The number of hydrogen-bond acceptors (Lipinski definition) is 2. The fourth-order valence-corrected chi connectivity index (χ4v) is 2.68. The fraction of sp³-hybridized carbons (Fsp3) is 0.923. The van der Waals surface area contributed by atoms with Crippen LogP contribution in [0.5, 0.6) is 0 Å². The Bertz CT molecular complexity index is 238. The van der Waals surface area contributed by atoms with Crippen molar-refractivity contribution in [2.75, 3.05) is 13.6 Å². The molecule has 1 amide bonds. The highest BCUT2D eigenvalue weighted by Crippen LogP contribution is 2.38. The van der Waals surface area contributed by atoms with Crippen LogP contribution in [-0.2, 0) is 4.79 Å². The molecule has 94 valence electrons. The molecule has 1 rings (SSSR count). The number of carbonyl (C=O) groups excluding carboxylic acids is 1. The summed E-state index contributed by atoms with van der Waals surface area (Å²) in [6.07, 6.45) is 4.14. The fourth-order valence-electron chi connectivity index (χ4n) is 2.68. The van der Waals surface area contributed by atoms with Crippen molar-refractivity contribution in [1.29, 1.82) is 0 Å². The van der Waals surface area contributed by atoms with Gasteiger partial charge in [-0.1, -0.05) is 20.8 Å². The van der Waals surface area contributed by atoms with Gasteiger partial charge in [-0.05, 0) is 37.6 Å². The van der Waals surface area contributed by atoms with E-state index in [-0.39, 0.29) is 5.91 Å². The molecule has 0 saturated heterocycles. The molecule has 16 heavy (non-hydrogen) atoms. The van der Waals surface area contributed by atoms with Crippen LogP contribution in [-0.4, -0.2) is 25.5 Å². The SMILES string of the molecule is CNCCC(=O)NC1CCC(C)(C)CC1C. The predicted octanol–water partition coefficient (Wildman–Crippen LogP) is 1.93. The van der Waals surface area contributed by atoms with Crippen LogP contribution in [0, 0.1) is 11.3 Å². The lowest BCUT2D eigenvalue weighted by molar-refractivity contribution is -0.122. The lowest BCUT2D eigenvalue weighted by Crippen LogP contribution is -2.44. The highest BCUT2D eigenvalue weighted by Gasteiger charge is 2.32. The molecular formula is C13H26N2O. The summed E-state index contributed by atoms with van der Waals surface area (Å²) in [6.45, 7) is 7.66. The minimum atomic E-state index is 0.186. The van der Waals surface area contributed by atoms with E-state index in [9.17, 15) is 4.79 Å². The second-order valence-corrected chi connectivity index (χ2v) is 5.91. The van der Waals surface area contributed by atoms with E-state index in [1.165, 1.54) is 12.8 Å². The summed E-state index contributed by atoms with van der Waals surface area (Å²) in [5.41, 5.74) is 0.450. The third-order valence-electron chi connectivity index (χ3n) is 3.64. The Kier molecular flexibility index (Phi) is 4.78. The van der Waals surface area contributed by atoms with Gasteiger partial charge in [-0.2, -0.15) is 0 Å². The zero-order valence-electron chi connectivity index (χ0n) is 11.1. The molecule has 1 aliphatic carbocycles. The van der Waals surface area contributed by atoms with Crippen LogP contribution < -0.4 is 10.6 Å². The topological polar surface area (TPSA) is 41.1 Å². The summed E-state index contributed by atoms with van der Waals surface area (Å²) < 4.78 is 0. The molecule has 1 fully saturated rings. The van der Waals surface area contributed by atoms with Crippen molar-refractivity contribution in [1.82, 2.24) is 10.6 Å². The number of carbonyl (C=O) groups is 1. The van der Waals surface area contributed by atoms with Gasteiger partial charge in [0, 0.05) is 19.0 Å². The van der Waals surface area contributed by atoms with Gasteiger partial charge in [0.25, 0.3) is 0 Å². The molecule has 2 atom stereocenters. The summed E-state index contributed by atoms with van der Waals surface area (Å²) in [5, 5.41) is 6.16. The largest absolute Gasteiger partial charge is 0.353 e. The molecule has 0 heterocycles. The van der Waals surface area contributed by atoms with Gasteiger partial charge in [-0.25, -0.2) is 0 Å². The molecule has 0 radical (unpaired) electrons. The number of amides is 1. The van der Waals surface area contributed by atoms with E-state index in [1.807, 2.05) is 7.05 Å². The molecule has 1 aliphatic rings. The normalized spacial score (nSPS) is 28.8. The van der Waals surface area contributed by atoms with Gasteiger partial charge in [0.2, 0.25) is 5.91 Å². The van der Waals surface area contributed by atoms with Crippen molar-refractivity contribution in [3.05, 3.63) is 0 Å². The molecule has 2 unspecified atom stereocenters. The van der Waals surface area contributed by atoms with Crippen molar-refractivity contribution < 1.29 is 4.79 Å². The summed E-state index contributed by atoms with van der Waals surface area (Å²) in [4.78, 5) is 11.6. The van der Waals surface area contributed by atoms with Gasteiger partial charge in [0.15, 0.2) is 0 Å². The molecular weight excluding hydrogens is 200 g/mol. The van der Waals surface area contributed by atoms with Crippen LogP contribution in [0.2, 0.25) is 0 Å². The van der Waals surface area contributed by atoms with Crippen LogP contribution in [0.25, 0.3) is 0 Å². The Morgan fingerprint density at radius 3 is 2.69 bits per heavy atom. The van der Waals surface area contributed by atoms with E-state index >= 15 is 0 Å². The first-order valence-corrected chi connectivity index (χ1v) is 6.38. The van der Waals surface area contributed by atoms with E-state index < -0.39 is 0 Å². The van der Waals surface area contributed by atoms with Crippen LogP contribution in [0.4, 0.5) is 0 Å². The standard InChI is InChI=1S/C13H26N2O/c1-10-9-13(2,3)7-5-11(10)15-12(16)6-8-14-4/h10-11,14H,5-9H2,1-4H3,(H,15,16). The molecule has 0 aliphatic heterocycles. The van der Waals surface area contributed by atoms with Crippen molar-refractivity contribution in [2.45, 2.75) is 52.5 Å². The van der Waals surface area contributed by atoms with Crippen LogP contribution in [0.15, 0.2) is 0 Å². The van der Waals surface area contributed by atoms with Crippen molar-refractivity contribution in [3.8, 4) is 0 Å². The van der Waals surface area contributed by atoms with Crippen LogP contribution in [0.1, 0.15) is 46.5 Å². The monoisotopic (exact) mass is 226 g/mol. The molecule has 2 N–H and O–H groups in total. The van der Waals surface area contributed by atoms with Gasteiger partial charge in [-0.15, -0.1) is 0 Å². The zero-order valence-corrected chi connectivity index (χ0v) is 11.1. The van der Waals surface area contributed by atoms with Crippen molar-refractivity contribution in [2.24, 2.45) is 11.3 Å². The third kappa shape index (κ3) is 4.12. The Labute approximate surface area is 99.4 Å². The summed E-state index contributed by atoms with van der Waals surface area (Å²) in [6, 6.07) is 0.386. The van der Waals surface area contributed by atoms with E-state index in [0.29, 0.717) is 23.8 Å². The minimum absolute atomic E-state index is 0.186. The van der Waals surface area contributed by atoms with Gasteiger partial charge in [-0.3, -0.25) is 4.79 Å². The first-order valence-electron chi connectivity index (χ1n) is 6.38. The first kappa shape index (κ1) is 13.5. The van der Waals surface area contributed by atoms with Gasteiger partial charge in [0.1, 0.15) is 0 Å². The lowest BCUT2D eigenvalue weighted by atomic mass is 9.70. The Hall–Kier alpha value is -0.570. The molecule has 0 bridgehead atoms. The van der Waals surface area contributed by atoms with Gasteiger partial charge in [0.05, 0.1) is 0 Å². The molecule has 0 aromatic heterocycles. The highest BCUT2D eigenvalue weighted by atomic mass is 16.1. The maximum atomic E-state index is 11.6. The number of hydrogen-bond donors (Lipinski definition) is 2. The smallest absolute Gasteiger partial charge is 0.221 e. The molecule has 3 heteroatoms. The van der Waals surface area contributed by atoms with Crippen LogP contribution >= 0.6 is 0 Å². The third-order valence-corrected chi connectivity index (χ3v) is 3.64. The number of rotatable bonds is 4. The lowest BCUT2D eigenvalue weighted by Gasteiger charge is -2.39. The van der Waals surface area contributed by atoms with Crippen LogP contribution in [0.3, 0.4) is 0 Å². The van der Waals surface area contributed by atoms with E-state index in [1.54, 1.807) is 0 Å². The molecule has 0 aromatic rings. The van der Waals surface area contributed by atoms with E-state index in [4.69, 9.17) is 0 Å². The average molecular weight is 226 g/mol. The van der Waals surface area contributed by atoms with Crippen molar-refractivity contribution >= 4 is 5.91 Å². The average Bonchev–Trinajstić information content (AvgIpc) is 2.18. The Balaban J connectivity index is 2.35. The summed E-state index contributed by atoms with van der Waals surface area (Å²) in [5.74, 6) is 0.785. The maximum Gasteiger partial charge on any atom is 0.221 e. The number of nitrogens with one attached hydrogen (secondary N) is 2. The Morgan fingerprint density at radius 1 is 1.44 bits per heavy atom. The summed E-state index contributed by atoms with van der Waals surface area (Å²) >= 11 is 0. The van der Waals surface area contributed by atoms with Gasteiger partial charge >= 0.3 is 0 Å². The van der Waals surface area contributed by atoms with Gasteiger partial charge < -0.3 is 10.6 Å². The minimum Gasteiger partial charge on any atom is -0.353 e. The Morgan fingerprint density at radius 2 is 2.12 bits per heavy atom.